The highest BCUT2D eigenvalue weighted by atomic mass is 14.2. The fourth-order valence-corrected chi connectivity index (χ4v) is 1.03. The summed E-state index contributed by atoms with van der Waals surface area (Å²) in [4.78, 5) is 0. The summed E-state index contributed by atoms with van der Waals surface area (Å²) in [5, 5.41) is 0. The summed E-state index contributed by atoms with van der Waals surface area (Å²) in [5.41, 5.74) is -0.0712. The van der Waals surface area contributed by atoms with Gasteiger partial charge < -0.3 is 0 Å². The van der Waals surface area contributed by atoms with Crippen molar-refractivity contribution in [2.75, 3.05) is 0 Å². The van der Waals surface area contributed by atoms with Gasteiger partial charge in [-0.2, -0.15) is 0 Å². The molecule has 0 nitrogen and oxygen atoms in total. The van der Waals surface area contributed by atoms with Gasteiger partial charge in [-0.15, -0.1) is 13.2 Å². The minimum atomic E-state index is -0.0712. The molecule has 0 fully saturated rings. The summed E-state index contributed by atoms with van der Waals surface area (Å²) in [7, 11) is 0. The van der Waals surface area contributed by atoms with E-state index in [0.29, 0.717) is 0 Å². The molecule has 0 saturated heterocycles. The maximum Gasteiger partial charge on any atom is 0.0418 e. The average Bonchev–Trinajstić information content (AvgIpc) is 2.06. The Morgan fingerprint density at radius 3 is 1.90 bits per heavy atom. The van der Waals surface area contributed by atoms with Crippen LogP contribution in [0.3, 0.4) is 0 Å². The van der Waals surface area contributed by atoms with Crippen LogP contribution in [0.2, 0.25) is 0 Å². The zero-order valence-electron chi connectivity index (χ0n) is 6.09. The maximum absolute atomic E-state index is 3.75. The first-order chi connectivity index (χ1) is 4.83. The van der Waals surface area contributed by atoms with Gasteiger partial charge in [0, 0.05) is 5.41 Å². The highest BCUT2D eigenvalue weighted by Gasteiger charge is 2.15. The van der Waals surface area contributed by atoms with E-state index in [9.17, 15) is 0 Å². The molecule has 0 aromatic rings. The quantitative estimate of drug-likeness (QED) is 0.507. The van der Waals surface area contributed by atoms with Gasteiger partial charge in [0.25, 0.3) is 0 Å². The second-order valence-electron chi connectivity index (χ2n) is 2.45. The maximum atomic E-state index is 3.75. The predicted molar refractivity (Wildman–Crippen MR) is 45.7 cm³/mol. The van der Waals surface area contributed by atoms with Gasteiger partial charge in [0.15, 0.2) is 0 Å². The van der Waals surface area contributed by atoms with E-state index >= 15 is 0 Å². The van der Waals surface area contributed by atoms with Crippen LogP contribution in [0.4, 0.5) is 0 Å². The van der Waals surface area contributed by atoms with Gasteiger partial charge in [-0.1, -0.05) is 36.5 Å². The molecule has 52 valence electrons. The Morgan fingerprint density at radius 1 is 1.10 bits per heavy atom. The summed E-state index contributed by atoms with van der Waals surface area (Å²) in [5.74, 6) is 0. The van der Waals surface area contributed by atoms with E-state index in [4.69, 9.17) is 0 Å². The van der Waals surface area contributed by atoms with Gasteiger partial charge in [0.2, 0.25) is 0 Å². The van der Waals surface area contributed by atoms with Crippen LogP contribution in [-0.4, -0.2) is 0 Å². The third-order valence-corrected chi connectivity index (χ3v) is 1.79. The molecule has 0 aliphatic heterocycles. The lowest BCUT2D eigenvalue weighted by atomic mass is 9.85. The van der Waals surface area contributed by atoms with Crippen molar-refractivity contribution in [2.24, 2.45) is 5.41 Å². The zero-order valence-corrected chi connectivity index (χ0v) is 6.09. The second-order valence-corrected chi connectivity index (χ2v) is 2.45. The molecule has 0 amide bonds. The SMILES string of the molecule is C=CC1(C=C)C=CCC=C1. The van der Waals surface area contributed by atoms with Crippen LogP contribution < -0.4 is 0 Å². The molecule has 10 heavy (non-hydrogen) atoms. The van der Waals surface area contributed by atoms with Crippen molar-refractivity contribution in [1.82, 2.24) is 0 Å². The largest absolute Gasteiger partial charge is 0.102 e. The molecule has 0 radical (unpaired) electrons. The van der Waals surface area contributed by atoms with Crippen molar-refractivity contribution in [1.29, 1.82) is 0 Å². The second kappa shape index (κ2) is 2.70. The van der Waals surface area contributed by atoms with Gasteiger partial charge in [0.05, 0.1) is 0 Å². The van der Waals surface area contributed by atoms with Crippen LogP contribution in [0.25, 0.3) is 0 Å². The zero-order chi connectivity index (χ0) is 7.45. The Kier molecular flexibility index (Phi) is 1.91. The molecular weight excluding hydrogens is 120 g/mol. The summed E-state index contributed by atoms with van der Waals surface area (Å²) in [6.45, 7) is 7.51. The van der Waals surface area contributed by atoms with Gasteiger partial charge in [0.1, 0.15) is 0 Å². The molecule has 0 aromatic heterocycles. The topological polar surface area (TPSA) is 0 Å². The van der Waals surface area contributed by atoms with Crippen molar-refractivity contribution in [3.63, 3.8) is 0 Å². The number of rotatable bonds is 2. The molecule has 1 rings (SSSR count). The fraction of sp³-hybridized carbons (Fsp3) is 0.200. The first-order valence-corrected chi connectivity index (χ1v) is 3.45. The molecule has 0 bridgehead atoms. The van der Waals surface area contributed by atoms with Crippen molar-refractivity contribution < 1.29 is 0 Å². The number of allylic oxidation sites excluding steroid dienone is 6. The summed E-state index contributed by atoms with van der Waals surface area (Å²) >= 11 is 0. The number of hydrogen-bond acceptors (Lipinski definition) is 0. The average molecular weight is 132 g/mol. The minimum Gasteiger partial charge on any atom is -0.102 e. The minimum absolute atomic E-state index is 0.0712. The molecule has 0 aromatic carbocycles. The smallest absolute Gasteiger partial charge is 0.0418 e. The van der Waals surface area contributed by atoms with Crippen molar-refractivity contribution in [3.05, 3.63) is 49.6 Å². The molecule has 0 N–H and O–H groups in total. The van der Waals surface area contributed by atoms with Crippen LogP contribution >= 0.6 is 0 Å². The lowest BCUT2D eigenvalue weighted by molar-refractivity contribution is 0.804. The van der Waals surface area contributed by atoms with Crippen molar-refractivity contribution in [2.45, 2.75) is 6.42 Å². The van der Waals surface area contributed by atoms with Crippen LogP contribution in [0.1, 0.15) is 6.42 Å². The predicted octanol–water partition coefficient (Wildman–Crippen LogP) is 2.86. The highest BCUT2D eigenvalue weighted by Crippen LogP contribution is 2.27. The van der Waals surface area contributed by atoms with Crippen LogP contribution in [0, 0.1) is 5.41 Å². The van der Waals surface area contributed by atoms with E-state index in [1.165, 1.54) is 0 Å². The van der Waals surface area contributed by atoms with E-state index in [1.807, 2.05) is 12.2 Å². The Hall–Kier alpha value is -1.04. The molecule has 0 unspecified atom stereocenters. The van der Waals surface area contributed by atoms with Crippen LogP contribution in [0.15, 0.2) is 49.6 Å². The molecule has 1 aliphatic rings. The first kappa shape index (κ1) is 7.07. The Bertz CT molecular complexity index is 172. The van der Waals surface area contributed by atoms with Gasteiger partial charge in [-0.25, -0.2) is 0 Å². The third-order valence-electron chi connectivity index (χ3n) is 1.79. The third kappa shape index (κ3) is 1.10. The Labute approximate surface area is 62.3 Å². The highest BCUT2D eigenvalue weighted by molar-refractivity contribution is 5.30. The summed E-state index contributed by atoms with van der Waals surface area (Å²) < 4.78 is 0. The molecule has 0 heteroatoms. The lowest BCUT2D eigenvalue weighted by Crippen LogP contribution is -2.07. The molecule has 0 saturated carbocycles. The van der Waals surface area contributed by atoms with Crippen LogP contribution in [0.5, 0.6) is 0 Å². The molecule has 0 spiro atoms. The molecule has 0 heterocycles. The summed E-state index contributed by atoms with van der Waals surface area (Å²) in [6.07, 6.45) is 13.3. The van der Waals surface area contributed by atoms with Gasteiger partial charge >= 0.3 is 0 Å². The van der Waals surface area contributed by atoms with Crippen molar-refractivity contribution in [3.8, 4) is 0 Å². The van der Waals surface area contributed by atoms with E-state index in [2.05, 4.69) is 37.5 Å². The van der Waals surface area contributed by atoms with Crippen LogP contribution in [-0.2, 0) is 0 Å². The van der Waals surface area contributed by atoms with E-state index in [0.717, 1.165) is 6.42 Å². The monoisotopic (exact) mass is 132 g/mol. The first-order valence-electron chi connectivity index (χ1n) is 3.45. The molecule has 1 aliphatic carbocycles. The van der Waals surface area contributed by atoms with E-state index < -0.39 is 0 Å². The Morgan fingerprint density at radius 2 is 1.60 bits per heavy atom. The summed E-state index contributed by atoms with van der Waals surface area (Å²) in [6, 6.07) is 0. The lowest BCUT2D eigenvalue weighted by Gasteiger charge is -2.19. The Balaban J connectivity index is 2.91. The standard InChI is InChI=1S/C10H12/c1-3-10(4-2)8-6-5-7-9-10/h3-4,6-9H,1-2,5H2. The van der Waals surface area contributed by atoms with E-state index in [1.54, 1.807) is 0 Å². The van der Waals surface area contributed by atoms with Crippen molar-refractivity contribution >= 4 is 0 Å². The van der Waals surface area contributed by atoms with Gasteiger partial charge in [-0.3, -0.25) is 0 Å². The number of hydrogen-bond donors (Lipinski definition) is 0. The fourth-order valence-electron chi connectivity index (χ4n) is 1.03. The van der Waals surface area contributed by atoms with Gasteiger partial charge in [-0.05, 0) is 6.42 Å². The normalized spacial score (nSPS) is 20.4. The van der Waals surface area contributed by atoms with E-state index in [-0.39, 0.29) is 5.41 Å². The molecule has 0 atom stereocenters. The molecular formula is C10H12.